The normalized spacial score (nSPS) is 20.8. The van der Waals surface area contributed by atoms with E-state index >= 15 is 0 Å². The van der Waals surface area contributed by atoms with E-state index in [2.05, 4.69) is 5.32 Å². The van der Waals surface area contributed by atoms with E-state index in [9.17, 15) is 9.59 Å². The minimum absolute atomic E-state index is 0.302. The number of ether oxygens (including phenoxy) is 1. The van der Waals surface area contributed by atoms with E-state index < -0.39 is 17.6 Å². The van der Waals surface area contributed by atoms with Crippen LogP contribution in [0.5, 0.6) is 0 Å². The van der Waals surface area contributed by atoms with Gasteiger partial charge in [0.1, 0.15) is 11.6 Å². The zero-order valence-electron chi connectivity index (χ0n) is 9.78. The smallest absolute Gasteiger partial charge is 0.329 e. The first-order valence-corrected chi connectivity index (χ1v) is 5.72. The van der Waals surface area contributed by atoms with E-state index in [-0.39, 0.29) is 5.91 Å². The molecule has 1 aliphatic heterocycles. The molecule has 0 radical (unpaired) electrons. The highest BCUT2D eigenvalue weighted by molar-refractivity contribution is 5.89. The molecule has 0 saturated carbocycles. The van der Waals surface area contributed by atoms with Crippen LogP contribution >= 0.6 is 0 Å². The summed E-state index contributed by atoms with van der Waals surface area (Å²) in [6.07, 6.45) is 1.80. The van der Waals surface area contributed by atoms with Crippen LogP contribution in [-0.2, 0) is 14.3 Å². The highest BCUT2D eigenvalue weighted by atomic mass is 16.5. The first-order chi connectivity index (χ1) is 7.55. The number of carboxylic acid groups (broad SMARTS) is 1. The van der Waals surface area contributed by atoms with Gasteiger partial charge in [0.2, 0.25) is 5.91 Å². The van der Waals surface area contributed by atoms with E-state index in [4.69, 9.17) is 9.84 Å². The molecule has 0 aromatic heterocycles. The van der Waals surface area contributed by atoms with Crippen LogP contribution in [0.15, 0.2) is 0 Å². The Morgan fingerprint density at radius 3 is 2.44 bits per heavy atom. The van der Waals surface area contributed by atoms with Crippen LogP contribution in [0.2, 0.25) is 0 Å². The summed E-state index contributed by atoms with van der Waals surface area (Å²) in [5.74, 6) is -1.28. The molecule has 1 atom stereocenters. The Labute approximate surface area is 95.2 Å². The molecule has 1 heterocycles. The Balaban J connectivity index is 2.67. The molecule has 1 fully saturated rings. The monoisotopic (exact) mass is 229 g/mol. The van der Waals surface area contributed by atoms with Crippen molar-refractivity contribution in [2.75, 3.05) is 6.61 Å². The molecule has 0 unspecified atom stereocenters. The number of carbonyl (C=O) groups is 2. The van der Waals surface area contributed by atoms with Gasteiger partial charge < -0.3 is 15.2 Å². The molecule has 0 aliphatic carbocycles. The second-order valence-corrected chi connectivity index (χ2v) is 4.09. The molecule has 0 aromatic carbocycles. The molecule has 1 aliphatic rings. The Morgan fingerprint density at radius 2 is 2.06 bits per heavy atom. The highest BCUT2D eigenvalue weighted by Gasteiger charge is 2.38. The summed E-state index contributed by atoms with van der Waals surface area (Å²) >= 11 is 0. The summed E-state index contributed by atoms with van der Waals surface area (Å²) in [5, 5.41) is 11.8. The van der Waals surface area contributed by atoms with Crippen LogP contribution in [0, 0.1) is 0 Å². The van der Waals surface area contributed by atoms with Gasteiger partial charge in [-0.05, 0) is 25.7 Å². The lowest BCUT2D eigenvalue weighted by Crippen LogP contribution is -2.56. The molecule has 0 spiro atoms. The quantitative estimate of drug-likeness (QED) is 0.735. The fraction of sp³-hybridized carbons (Fsp3) is 0.818. The van der Waals surface area contributed by atoms with E-state index in [1.807, 2.05) is 0 Å². The molecule has 5 heteroatoms. The summed E-state index contributed by atoms with van der Waals surface area (Å²) in [7, 11) is 0. The van der Waals surface area contributed by atoms with Gasteiger partial charge in [0.15, 0.2) is 0 Å². The lowest BCUT2D eigenvalue weighted by Gasteiger charge is -2.29. The van der Waals surface area contributed by atoms with Gasteiger partial charge in [-0.3, -0.25) is 4.79 Å². The first kappa shape index (κ1) is 13.0. The second-order valence-electron chi connectivity index (χ2n) is 4.09. The summed E-state index contributed by atoms with van der Waals surface area (Å²) in [6, 6.07) is 0. The van der Waals surface area contributed by atoms with Gasteiger partial charge in [0.25, 0.3) is 0 Å². The Hall–Kier alpha value is -1.10. The number of hydrogen-bond donors (Lipinski definition) is 2. The third-order valence-corrected chi connectivity index (χ3v) is 3.20. The number of carbonyl (C=O) groups excluding carboxylic acids is 1. The fourth-order valence-corrected chi connectivity index (χ4v) is 1.88. The molecule has 92 valence electrons. The number of rotatable bonds is 5. The minimum atomic E-state index is -1.15. The lowest BCUT2D eigenvalue weighted by molar-refractivity contribution is -0.149. The second kappa shape index (κ2) is 5.30. The average Bonchev–Trinajstić information content (AvgIpc) is 2.78. The molecule has 1 rings (SSSR count). The molecule has 1 amide bonds. The topological polar surface area (TPSA) is 75.6 Å². The number of hydrogen-bond acceptors (Lipinski definition) is 3. The van der Waals surface area contributed by atoms with Crippen LogP contribution in [0.1, 0.15) is 39.5 Å². The zero-order chi connectivity index (χ0) is 12.2. The van der Waals surface area contributed by atoms with Crippen molar-refractivity contribution in [2.24, 2.45) is 0 Å². The van der Waals surface area contributed by atoms with Crippen LogP contribution in [0.4, 0.5) is 0 Å². The van der Waals surface area contributed by atoms with Gasteiger partial charge >= 0.3 is 5.97 Å². The van der Waals surface area contributed by atoms with Crippen molar-refractivity contribution in [1.82, 2.24) is 5.32 Å². The molecule has 1 saturated heterocycles. The van der Waals surface area contributed by atoms with Gasteiger partial charge in [0, 0.05) is 6.61 Å². The van der Waals surface area contributed by atoms with Crippen molar-refractivity contribution >= 4 is 11.9 Å². The van der Waals surface area contributed by atoms with Crippen molar-refractivity contribution in [1.29, 1.82) is 0 Å². The molecule has 2 N–H and O–H groups in total. The van der Waals surface area contributed by atoms with E-state index in [0.717, 1.165) is 6.42 Å². The highest BCUT2D eigenvalue weighted by Crippen LogP contribution is 2.18. The standard InChI is InChI=1S/C11H19NO4/c1-3-11(4-2,10(14)15)12-9(13)8-6-5-7-16-8/h8H,3-7H2,1-2H3,(H,12,13)(H,14,15)/t8-/m1/s1. The lowest BCUT2D eigenvalue weighted by atomic mass is 9.92. The summed E-state index contributed by atoms with van der Waals surface area (Å²) in [4.78, 5) is 23.0. The summed E-state index contributed by atoms with van der Waals surface area (Å²) in [6.45, 7) is 4.09. The maximum absolute atomic E-state index is 11.8. The van der Waals surface area contributed by atoms with Crippen LogP contribution in [0.3, 0.4) is 0 Å². The van der Waals surface area contributed by atoms with Crippen LogP contribution < -0.4 is 5.32 Å². The van der Waals surface area contributed by atoms with Gasteiger partial charge in [-0.1, -0.05) is 13.8 Å². The molecule has 5 nitrogen and oxygen atoms in total. The maximum atomic E-state index is 11.8. The maximum Gasteiger partial charge on any atom is 0.329 e. The van der Waals surface area contributed by atoms with Crippen LogP contribution in [-0.4, -0.2) is 35.2 Å². The SMILES string of the molecule is CCC(CC)(NC(=O)[C@H]1CCCO1)C(=O)O. The molecule has 0 bridgehead atoms. The number of carboxylic acids is 1. The third-order valence-electron chi connectivity index (χ3n) is 3.20. The molecule has 0 aromatic rings. The third kappa shape index (κ3) is 2.52. The molecular formula is C11H19NO4. The van der Waals surface area contributed by atoms with Gasteiger partial charge in [-0.25, -0.2) is 4.79 Å². The number of aliphatic carboxylic acids is 1. The zero-order valence-corrected chi connectivity index (χ0v) is 9.78. The van der Waals surface area contributed by atoms with E-state index in [1.54, 1.807) is 13.8 Å². The van der Waals surface area contributed by atoms with E-state index in [0.29, 0.717) is 25.9 Å². The van der Waals surface area contributed by atoms with Crippen molar-refractivity contribution < 1.29 is 19.4 Å². The predicted molar refractivity (Wildman–Crippen MR) is 58.1 cm³/mol. The number of amides is 1. The summed E-state index contributed by atoms with van der Waals surface area (Å²) in [5.41, 5.74) is -1.15. The minimum Gasteiger partial charge on any atom is -0.480 e. The average molecular weight is 229 g/mol. The van der Waals surface area contributed by atoms with Gasteiger partial charge in [0.05, 0.1) is 0 Å². The largest absolute Gasteiger partial charge is 0.480 e. The van der Waals surface area contributed by atoms with E-state index in [1.165, 1.54) is 0 Å². The van der Waals surface area contributed by atoms with Crippen molar-refractivity contribution in [3.05, 3.63) is 0 Å². The predicted octanol–water partition coefficient (Wildman–Crippen LogP) is 0.925. The Bertz CT molecular complexity index is 267. The van der Waals surface area contributed by atoms with Gasteiger partial charge in [-0.15, -0.1) is 0 Å². The molecular weight excluding hydrogens is 210 g/mol. The molecule has 16 heavy (non-hydrogen) atoms. The van der Waals surface area contributed by atoms with Crippen molar-refractivity contribution in [2.45, 2.75) is 51.2 Å². The Kier molecular flexibility index (Phi) is 4.29. The summed E-state index contributed by atoms with van der Waals surface area (Å²) < 4.78 is 5.22. The fourth-order valence-electron chi connectivity index (χ4n) is 1.88. The van der Waals surface area contributed by atoms with Gasteiger partial charge in [-0.2, -0.15) is 0 Å². The van der Waals surface area contributed by atoms with Crippen LogP contribution in [0.25, 0.3) is 0 Å². The van der Waals surface area contributed by atoms with Crippen molar-refractivity contribution in [3.63, 3.8) is 0 Å². The number of nitrogens with one attached hydrogen (secondary N) is 1. The first-order valence-electron chi connectivity index (χ1n) is 5.72. The van der Waals surface area contributed by atoms with Crippen molar-refractivity contribution in [3.8, 4) is 0 Å². The Morgan fingerprint density at radius 1 is 1.44 bits per heavy atom.